The number of rotatable bonds is 7. The molecule has 0 spiro atoms. The van der Waals surface area contributed by atoms with Crippen LogP contribution in [0.5, 0.6) is 0 Å². The van der Waals surface area contributed by atoms with Crippen molar-refractivity contribution in [3.8, 4) is 0 Å². The Bertz CT molecular complexity index is 1230. The summed E-state index contributed by atoms with van der Waals surface area (Å²) in [5, 5.41) is 9.12. The number of carbonyl (C=O) groups excluding carboxylic acids is 1. The zero-order chi connectivity index (χ0) is 30.4. The van der Waals surface area contributed by atoms with Gasteiger partial charge in [-0.3, -0.25) is 14.4 Å². The first-order chi connectivity index (χ1) is 18.6. The number of benzene rings is 1. The minimum absolute atomic E-state index is 0.0578. The van der Waals surface area contributed by atoms with Crippen LogP contribution < -0.4 is 5.48 Å². The van der Waals surface area contributed by atoms with E-state index in [9.17, 15) is 48.3 Å². The van der Waals surface area contributed by atoms with E-state index in [1.54, 1.807) is 0 Å². The molecule has 1 amide bonds. The lowest BCUT2D eigenvalue weighted by Crippen LogP contribution is -2.54. The second kappa shape index (κ2) is 13.1. The van der Waals surface area contributed by atoms with Gasteiger partial charge in [0, 0.05) is 13.2 Å². The van der Waals surface area contributed by atoms with Crippen LogP contribution in [0.4, 0.5) is 35.1 Å². The fraction of sp³-hybridized carbons (Fsp3) is 0.458. The average Bonchev–Trinajstić information content (AvgIpc) is 3.15. The van der Waals surface area contributed by atoms with Crippen LogP contribution in [0.3, 0.4) is 0 Å². The highest BCUT2D eigenvalue weighted by Crippen LogP contribution is 2.39. The molecule has 0 aromatic heterocycles. The summed E-state index contributed by atoms with van der Waals surface area (Å²) >= 11 is 0. The van der Waals surface area contributed by atoms with Crippen LogP contribution in [-0.2, 0) is 24.1 Å². The quantitative estimate of drug-likeness (QED) is 0.252. The van der Waals surface area contributed by atoms with E-state index in [0.29, 0.717) is 13.3 Å². The topological polar surface area (TPSA) is 102 Å². The molecule has 1 unspecified atom stereocenters. The van der Waals surface area contributed by atoms with Gasteiger partial charge in [0.2, 0.25) is 6.17 Å². The van der Waals surface area contributed by atoms with E-state index in [2.05, 4.69) is 4.74 Å². The molecule has 1 aromatic carbocycles. The number of hydrogen-bond donors (Lipinski definition) is 2. The van der Waals surface area contributed by atoms with E-state index < -0.39 is 57.0 Å². The molecule has 7 nitrogen and oxygen atoms in total. The van der Waals surface area contributed by atoms with Crippen LogP contribution in [0.15, 0.2) is 58.7 Å². The maximum absolute atomic E-state index is 13.7. The summed E-state index contributed by atoms with van der Waals surface area (Å²) in [5.74, 6) is -2.12. The van der Waals surface area contributed by atoms with Gasteiger partial charge in [0.25, 0.3) is 5.91 Å². The van der Waals surface area contributed by atoms with Crippen LogP contribution in [0, 0.1) is 0 Å². The van der Waals surface area contributed by atoms with Crippen LogP contribution in [0.1, 0.15) is 24.8 Å². The van der Waals surface area contributed by atoms with E-state index in [1.807, 2.05) is 0 Å². The van der Waals surface area contributed by atoms with Gasteiger partial charge < -0.3 is 9.47 Å². The number of alkyl halides is 8. The molecule has 1 atom stereocenters. The van der Waals surface area contributed by atoms with Crippen molar-refractivity contribution in [2.24, 2.45) is 0 Å². The largest absolute Gasteiger partial charge is 0.490 e. The predicted molar refractivity (Wildman–Crippen MR) is 125 cm³/mol. The van der Waals surface area contributed by atoms with Crippen molar-refractivity contribution in [2.75, 3.05) is 27.0 Å². The molecular formula is C24H25F8NO6S. The SMILES string of the molecule is CF.O=C(NO)C1(S(=O)(=O)c2ccc(C3=CCC=C(OCC(F)C(F)(F)F)C(C(F)(F)F)=C3)cc2)CCOCC1. The van der Waals surface area contributed by atoms with E-state index in [0.717, 1.165) is 18.2 Å². The molecule has 1 aromatic rings. The van der Waals surface area contributed by atoms with Gasteiger partial charge in [0.05, 0.1) is 17.6 Å². The monoisotopic (exact) mass is 607 g/mol. The highest BCUT2D eigenvalue weighted by molar-refractivity contribution is 7.93. The lowest BCUT2D eigenvalue weighted by atomic mass is 9.98. The predicted octanol–water partition coefficient (Wildman–Crippen LogP) is 5.18. The number of hydroxylamine groups is 1. The molecule has 1 aliphatic carbocycles. The molecule has 16 heteroatoms. The fourth-order valence-corrected chi connectivity index (χ4v) is 5.92. The molecule has 0 bridgehead atoms. The molecule has 3 rings (SSSR count). The van der Waals surface area contributed by atoms with Gasteiger partial charge in [0.15, 0.2) is 14.6 Å². The van der Waals surface area contributed by atoms with Crippen molar-refractivity contribution >= 4 is 21.3 Å². The Labute approximate surface area is 224 Å². The van der Waals surface area contributed by atoms with Crippen molar-refractivity contribution in [2.45, 2.75) is 47.4 Å². The molecule has 1 heterocycles. The summed E-state index contributed by atoms with van der Waals surface area (Å²) in [4.78, 5) is 12.0. The Balaban J connectivity index is 0.00000274. The maximum Gasteiger partial charge on any atom is 0.423 e. The molecule has 0 saturated carbocycles. The first kappa shape index (κ1) is 33.2. The highest BCUT2D eigenvalue weighted by Gasteiger charge is 2.52. The van der Waals surface area contributed by atoms with Gasteiger partial charge in [-0.15, -0.1) is 0 Å². The molecule has 2 N–H and O–H groups in total. The maximum atomic E-state index is 13.7. The van der Waals surface area contributed by atoms with E-state index in [-0.39, 0.29) is 48.5 Å². The number of ether oxygens (including phenoxy) is 2. The summed E-state index contributed by atoms with van der Waals surface area (Å²) < 4.78 is 135. The second-order valence-electron chi connectivity index (χ2n) is 8.41. The Morgan fingerprint density at radius 2 is 1.65 bits per heavy atom. The zero-order valence-electron chi connectivity index (χ0n) is 20.8. The number of hydrogen-bond acceptors (Lipinski definition) is 6. The van der Waals surface area contributed by atoms with Gasteiger partial charge in [-0.25, -0.2) is 18.3 Å². The molecule has 1 saturated heterocycles. The summed E-state index contributed by atoms with van der Waals surface area (Å²) in [6.07, 6.45) is -11.8. The second-order valence-corrected chi connectivity index (χ2v) is 10.7. The standard InChI is InChI=1S/C23H22F7NO6S.CH3F/c24-19(23(28,29)30)13-37-18-3-1-2-15(12-17(18)22(25,26)27)14-4-6-16(7-5-14)38(34,35)21(20(32)31-33)8-10-36-11-9-21;1-2/h2-7,12,19,33H,1,8-11,13H2,(H,31,32);1H3. The molecular weight excluding hydrogens is 582 g/mol. The smallest absolute Gasteiger partial charge is 0.423 e. The lowest BCUT2D eigenvalue weighted by Gasteiger charge is -2.34. The minimum Gasteiger partial charge on any atom is -0.490 e. The average molecular weight is 608 g/mol. The molecule has 40 heavy (non-hydrogen) atoms. The van der Waals surface area contributed by atoms with Crippen molar-refractivity contribution in [1.82, 2.24) is 5.48 Å². The number of allylic oxidation sites excluding steroid dienone is 5. The van der Waals surface area contributed by atoms with Crippen molar-refractivity contribution in [3.63, 3.8) is 0 Å². The summed E-state index contributed by atoms with van der Waals surface area (Å²) in [6, 6.07) is 4.56. The summed E-state index contributed by atoms with van der Waals surface area (Å²) in [7, 11) is -3.88. The first-order valence-corrected chi connectivity index (χ1v) is 12.9. The normalized spacial score (nSPS) is 18.6. The molecule has 1 fully saturated rings. The molecule has 2 aliphatic rings. The van der Waals surface area contributed by atoms with Crippen LogP contribution in [0.25, 0.3) is 5.57 Å². The third kappa shape index (κ3) is 7.20. The van der Waals surface area contributed by atoms with Gasteiger partial charge >= 0.3 is 12.4 Å². The van der Waals surface area contributed by atoms with Crippen LogP contribution >= 0.6 is 0 Å². The number of amides is 1. The zero-order valence-corrected chi connectivity index (χ0v) is 21.6. The summed E-state index contributed by atoms with van der Waals surface area (Å²) in [6.45, 7) is -1.79. The van der Waals surface area contributed by atoms with Crippen molar-refractivity contribution in [3.05, 3.63) is 59.4 Å². The van der Waals surface area contributed by atoms with Crippen molar-refractivity contribution < 1.29 is 63.0 Å². The molecule has 1 aliphatic heterocycles. The number of sulfone groups is 1. The van der Waals surface area contributed by atoms with Gasteiger partial charge in [-0.1, -0.05) is 18.2 Å². The molecule has 0 radical (unpaired) electrons. The Morgan fingerprint density at radius 3 is 2.15 bits per heavy atom. The van der Waals surface area contributed by atoms with Crippen LogP contribution in [0.2, 0.25) is 0 Å². The third-order valence-corrected chi connectivity index (χ3v) is 8.60. The Hall–Kier alpha value is -2.98. The lowest BCUT2D eigenvalue weighted by molar-refractivity contribution is -0.190. The van der Waals surface area contributed by atoms with Gasteiger partial charge in [0.1, 0.15) is 12.4 Å². The van der Waals surface area contributed by atoms with E-state index in [1.165, 1.54) is 23.7 Å². The molecule has 224 valence electrons. The van der Waals surface area contributed by atoms with Gasteiger partial charge in [-0.05, 0) is 54.7 Å². The number of carbonyl (C=O) groups is 1. The highest BCUT2D eigenvalue weighted by atomic mass is 32.2. The fourth-order valence-electron chi connectivity index (χ4n) is 3.98. The summed E-state index contributed by atoms with van der Waals surface area (Å²) in [5.41, 5.74) is -0.0220. The number of nitrogens with one attached hydrogen (secondary N) is 1. The van der Waals surface area contributed by atoms with E-state index in [4.69, 9.17) is 9.94 Å². The number of halogens is 8. The third-order valence-electron chi connectivity index (χ3n) is 6.08. The first-order valence-electron chi connectivity index (χ1n) is 11.4. The van der Waals surface area contributed by atoms with E-state index >= 15 is 0 Å². The minimum atomic E-state index is -5.31. The van der Waals surface area contributed by atoms with Gasteiger partial charge in [-0.2, -0.15) is 26.3 Å². The Morgan fingerprint density at radius 1 is 1.07 bits per heavy atom. The van der Waals surface area contributed by atoms with Crippen LogP contribution in [-0.4, -0.2) is 69.8 Å². The Kier molecular flexibility index (Phi) is 10.9. The van der Waals surface area contributed by atoms with Crippen molar-refractivity contribution in [1.29, 1.82) is 0 Å².